The number of alkyl halides is 1. The fourth-order valence-corrected chi connectivity index (χ4v) is 4.54. The summed E-state index contributed by atoms with van der Waals surface area (Å²) >= 11 is 17.8. The molecule has 0 spiro atoms. The van der Waals surface area contributed by atoms with E-state index < -0.39 is 5.38 Å². The molecule has 3 rings (SSSR count). The summed E-state index contributed by atoms with van der Waals surface area (Å²) in [6.45, 7) is 0. The Morgan fingerprint density at radius 1 is 1.15 bits per heavy atom. The maximum Gasteiger partial charge on any atom is 0.124 e. The Kier molecular flexibility index (Phi) is 4.04. The van der Waals surface area contributed by atoms with Crippen LogP contribution in [0.2, 0.25) is 5.02 Å². The lowest BCUT2D eigenvalue weighted by atomic mass is 10.0. The molecule has 1 aromatic heterocycles. The lowest BCUT2D eigenvalue weighted by molar-refractivity contribution is 0.627. The van der Waals surface area contributed by atoms with E-state index in [-0.39, 0.29) is 5.82 Å². The Hall–Kier alpha value is -0.610. The normalized spacial score (nSPS) is 12.8. The molecule has 1 unspecified atom stereocenters. The lowest BCUT2D eigenvalue weighted by Crippen LogP contribution is -1.94. The quantitative estimate of drug-likeness (QED) is 0.423. The highest BCUT2D eigenvalue weighted by Gasteiger charge is 2.19. The Labute approximate surface area is 138 Å². The Bertz CT molecular complexity index is 785. The zero-order chi connectivity index (χ0) is 14.3. The molecule has 0 fully saturated rings. The maximum absolute atomic E-state index is 13.1. The molecule has 20 heavy (non-hydrogen) atoms. The Morgan fingerprint density at radius 2 is 1.95 bits per heavy atom. The molecule has 0 saturated heterocycles. The number of halogens is 4. The molecule has 1 atom stereocenters. The Balaban J connectivity index is 2.13. The summed E-state index contributed by atoms with van der Waals surface area (Å²) < 4.78 is 15.3. The van der Waals surface area contributed by atoms with Crippen LogP contribution < -0.4 is 0 Å². The molecule has 0 aliphatic rings. The van der Waals surface area contributed by atoms with Crippen LogP contribution >= 0.6 is 50.5 Å². The van der Waals surface area contributed by atoms with Gasteiger partial charge in [0.25, 0.3) is 0 Å². The van der Waals surface area contributed by atoms with Gasteiger partial charge >= 0.3 is 0 Å². The molecule has 2 aromatic carbocycles. The van der Waals surface area contributed by atoms with E-state index in [9.17, 15) is 4.39 Å². The zero-order valence-corrected chi connectivity index (χ0v) is 14.0. The van der Waals surface area contributed by atoms with Crippen LogP contribution in [0.4, 0.5) is 4.39 Å². The van der Waals surface area contributed by atoms with Crippen molar-refractivity contribution in [3.8, 4) is 0 Å². The van der Waals surface area contributed by atoms with E-state index in [0.717, 1.165) is 25.7 Å². The molecule has 3 aromatic rings. The fourth-order valence-electron chi connectivity index (χ4n) is 2.11. The first kappa shape index (κ1) is 14.3. The molecular weight excluding hydrogens is 382 g/mol. The zero-order valence-electron chi connectivity index (χ0n) is 10.0. The second-order valence-electron chi connectivity index (χ2n) is 4.34. The maximum atomic E-state index is 13.1. The monoisotopic (exact) mass is 388 g/mol. The second-order valence-corrected chi connectivity index (χ2v) is 6.91. The average Bonchev–Trinajstić information content (AvgIpc) is 2.83. The summed E-state index contributed by atoms with van der Waals surface area (Å²) in [4.78, 5) is 0. The van der Waals surface area contributed by atoms with Gasteiger partial charge in [0.15, 0.2) is 0 Å². The minimum atomic E-state index is -0.397. The minimum Gasteiger partial charge on any atom is -0.207 e. The van der Waals surface area contributed by atoms with Gasteiger partial charge in [0.2, 0.25) is 0 Å². The summed E-state index contributed by atoms with van der Waals surface area (Å²) in [5.74, 6) is -0.361. The highest BCUT2D eigenvalue weighted by atomic mass is 79.9. The second kappa shape index (κ2) is 5.64. The topological polar surface area (TPSA) is 0 Å². The summed E-state index contributed by atoms with van der Waals surface area (Å²) in [5.41, 5.74) is 1.70. The highest BCUT2D eigenvalue weighted by Crippen LogP contribution is 2.41. The van der Waals surface area contributed by atoms with Crippen LogP contribution in [0.3, 0.4) is 0 Å². The summed E-state index contributed by atoms with van der Waals surface area (Å²) in [6, 6.07) is 10.3. The third-order valence-corrected chi connectivity index (χ3v) is 5.86. The smallest absolute Gasteiger partial charge is 0.124 e. The molecular formula is C15H8BrCl2FS. The van der Waals surface area contributed by atoms with E-state index in [1.165, 1.54) is 12.1 Å². The van der Waals surface area contributed by atoms with Crippen molar-refractivity contribution in [2.24, 2.45) is 0 Å². The highest BCUT2D eigenvalue weighted by molar-refractivity contribution is 9.10. The fraction of sp³-hybridized carbons (Fsp3) is 0.0667. The van der Waals surface area contributed by atoms with Crippen molar-refractivity contribution in [3.63, 3.8) is 0 Å². The first-order valence-corrected chi connectivity index (χ1v) is 8.31. The van der Waals surface area contributed by atoms with Crippen LogP contribution in [-0.4, -0.2) is 0 Å². The Morgan fingerprint density at radius 3 is 2.70 bits per heavy atom. The van der Waals surface area contributed by atoms with E-state index in [4.69, 9.17) is 23.2 Å². The van der Waals surface area contributed by atoms with E-state index in [2.05, 4.69) is 15.9 Å². The molecule has 0 amide bonds. The van der Waals surface area contributed by atoms with Crippen molar-refractivity contribution in [1.82, 2.24) is 0 Å². The number of benzene rings is 2. The van der Waals surface area contributed by atoms with E-state index in [1.807, 2.05) is 23.6 Å². The van der Waals surface area contributed by atoms with Crippen LogP contribution in [0.25, 0.3) is 10.1 Å². The van der Waals surface area contributed by atoms with Crippen molar-refractivity contribution in [3.05, 3.63) is 68.2 Å². The van der Waals surface area contributed by atoms with Gasteiger partial charge < -0.3 is 0 Å². The molecule has 0 N–H and O–H groups in total. The number of hydrogen-bond acceptors (Lipinski definition) is 1. The van der Waals surface area contributed by atoms with Gasteiger partial charge in [-0.25, -0.2) is 4.39 Å². The third-order valence-electron chi connectivity index (χ3n) is 3.09. The first-order chi connectivity index (χ1) is 9.58. The molecule has 0 aliphatic heterocycles. The number of fused-ring (bicyclic) bond motifs is 1. The van der Waals surface area contributed by atoms with E-state index in [1.54, 1.807) is 17.4 Å². The SMILES string of the molecule is Fc1ccc(C(Cl)c2csc3c(Br)cccc23)c(Cl)c1. The van der Waals surface area contributed by atoms with Crippen LogP contribution in [0, 0.1) is 5.82 Å². The van der Waals surface area contributed by atoms with Crippen molar-refractivity contribution in [2.45, 2.75) is 5.38 Å². The minimum absolute atomic E-state index is 0.347. The molecule has 0 radical (unpaired) electrons. The third kappa shape index (κ3) is 2.48. The summed E-state index contributed by atoms with van der Waals surface area (Å²) in [5, 5.41) is 3.06. The number of thiophene rings is 1. The van der Waals surface area contributed by atoms with Crippen LogP contribution in [-0.2, 0) is 0 Å². The summed E-state index contributed by atoms with van der Waals surface area (Å²) in [6.07, 6.45) is 0. The van der Waals surface area contributed by atoms with Crippen LogP contribution in [0.15, 0.2) is 46.3 Å². The van der Waals surface area contributed by atoms with Gasteiger partial charge in [-0.2, -0.15) is 0 Å². The number of rotatable bonds is 2. The number of hydrogen-bond donors (Lipinski definition) is 0. The van der Waals surface area contributed by atoms with Crippen molar-refractivity contribution < 1.29 is 4.39 Å². The van der Waals surface area contributed by atoms with Gasteiger partial charge in [-0.1, -0.05) is 29.8 Å². The van der Waals surface area contributed by atoms with Crippen molar-refractivity contribution in [1.29, 1.82) is 0 Å². The summed E-state index contributed by atoms with van der Waals surface area (Å²) in [7, 11) is 0. The van der Waals surface area contributed by atoms with Crippen LogP contribution in [0.1, 0.15) is 16.5 Å². The predicted octanol–water partition coefficient (Wildman–Crippen LogP) is 6.78. The van der Waals surface area contributed by atoms with Crippen LogP contribution in [0.5, 0.6) is 0 Å². The van der Waals surface area contributed by atoms with E-state index in [0.29, 0.717) is 5.02 Å². The molecule has 0 nitrogen and oxygen atoms in total. The van der Waals surface area contributed by atoms with Crippen molar-refractivity contribution >= 4 is 60.6 Å². The average molecular weight is 390 g/mol. The van der Waals surface area contributed by atoms with Gasteiger partial charge in [-0.05, 0) is 56.0 Å². The lowest BCUT2D eigenvalue weighted by Gasteiger charge is -2.11. The molecule has 0 aliphatic carbocycles. The standard InChI is InChI=1S/C15H8BrCl2FS/c16-12-3-1-2-9-11(7-20-15(9)12)14(18)10-5-4-8(19)6-13(10)17/h1-7,14H. The van der Waals surface area contributed by atoms with E-state index >= 15 is 0 Å². The predicted molar refractivity (Wildman–Crippen MR) is 88.6 cm³/mol. The van der Waals surface area contributed by atoms with Gasteiger partial charge in [-0.3, -0.25) is 0 Å². The molecule has 0 bridgehead atoms. The van der Waals surface area contributed by atoms with Crippen molar-refractivity contribution in [2.75, 3.05) is 0 Å². The van der Waals surface area contributed by atoms with Gasteiger partial charge in [0, 0.05) is 14.2 Å². The molecule has 102 valence electrons. The largest absolute Gasteiger partial charge is 0.207 e. The molecule has 0 saturated carbocycles. The first-order valence-electron chi connectivity index (χ1n) is 5.82. The van der Waals surface area contributed by atoms with Gasteiger partial charge in [0.1, 0.15) is 5.82 Å². The molecule has 1 heterocycles. The van der Waals surface area contributed by atoms with Gasteiger partial charge in [-0.15, -0.1) is 22.9 Å². The molecule has 5 heteroatoms. The van der Waals surface area contributed by atoms with Gasteiger partial charge in [0.05, 0.1) is 5.38 Å².